The van der Waals surface area contributed by atoms with E-state index in [0.717, 1.165) is 43.4 Å². The van der Waals surface area contributed by atoms with Gasteiger partial charge in [-0.2, -0.15) is 0 Å². The van der Waals surface area contributed by atoms with E-state index < -0.39 is 10.0 Å². The quantitative estimate of drug-likeness (QED) is 0.609. The fourth-order valence-corrected chi connectivity index (χ4v) is 5.67. The van der Waals surface area contributed by atoms with Crippen molar-refractivity contribution in [2.24, 2.45) is 5.92 Å². The maximum absolute atomic E-state index is 13.2. The number of sulfonamides is 1. The highest BCUT2D eigenvalue weighted by atomic mass is 32.2. The topological polar surface area (TPSA) is 105 Å². The first-order valence-corrected chi connectivity index (χ1v) is 13.6. The predicted octanol–water partition coefficient (Wildman–Crippen LogP) is 3.25. The van der Waals surface area contributed by atoms with Crippen molar-refractivity contribution in [1.82, 2.24) is 10.2 Å². The molecule has 0 spiro atoms. The number of hydrogen-bond acceptors (Lipinski definition) is 5. The molecule has 8 nitrogen and oxygen atoms in total. The predicted molar refractivity (Wildman–Crippen MR) is 134 cm³/mol. The first kappa shape index (κ1) is 25.2. The number of hydrogen-bond donors (Lipinski definition) is 2. The van der Waals surface area contributed by atoms with E-state index in [2.05, 4.69) is 10.0 Å². The minimum absolute atomic E-state index is 0.0482. The van der Waals surface area contributed by atoms with Gasteiger partial charge < -0.3 is 15.0 Å². The second-order valence-electron chi connectivity index (χ2n) is 9.40. The molecule has 0 radical (unpaired) electrons. The number of piperidine rings is 1. The summed E-state index contributed by atoms with van der Waals surface area (Å²) in [5.41, 5.74) is 2.59. The van der Waals surface area contributed by atoms with Crippen molar-refractivity contribution in [3.8, 4) is 0 Å². The second kappa shape index (κ2) is 10.8. The third-order valence-electron chi connectivity index (χ3n) is 6.76. The largest absolute Gasteiger partial charge is 0.376 e. The van der Waals surface area contributed by atoms with Crippen LogP contribution >= 0.6 is 0 Å². The molecule has 0 bridgehead atoms. The van der Waals surface area contributed by atoms with Crippen LogP contribution in [-0.2, 0) is 19.6 Å². The lowest BCUT2D eigenvalue weighted by Crippen LogP contribution is -2.46. The fourth-order valence-electron chi connectivity index (χ4n) is 4.53. The minimum Gasteiger partial charge on any atom is -0.376 e. The zero-order valence-electron chi connectivity index (χ0n) is 20.2. The third kappa shape index (κ3) is 6.21. The Bertz CT molecular complexity index is 1190. The fraction of sp³-hybridized carbons (Fsp3) is 0.462. The Kier molecular flexibility index (Phi) is 7.76. The lowest BCUT2D eigenvalue weighted by molar-refractivity contribution is -0.126. The van der Waals surface area contributed by atoms with Gasteiger partial charge in [-0.1, -0.05) is 12.1 Å². The number of benzene rings is 2. The Hall–Kier alpha value is -2.91. The summed E-state index contributed by atoms with van der Waals surface area (Å²) in [5, 5.41) is 2.97. The number of anilines is 1. The Morgan fingerprint density at radius 2 is 1.89 bits per heavy atom. The normalized spacial score (nSPS) is 20.5. The zero-order chi connectivity index (χ0) is 25.0. The summed E-state index contributed by atoms with van der Waals surface area (Å²) in [6.45, 7) is 5.94. The third-order valence-corrected chi connectivity index (χ3v) is 8.14. The molecule has 4 rings (SSSR count). The number of aryl methyl sites for hydroxylation is 2. The van der Waals surface area contributed by atoms with E-state index in [9.17, 15) is 18.0 Å². The lowest BCUT2D eigenvalue weighted by Gasteiger charge is -2.32. The van der Waals surface area contributed by atoms with Crippen LogP contribution in [0.25, 0.3) is 0 Å². The van der Waals surface area contributed by atoms with Gasteiger partial charge in [0, 0.05) is 37.5 Å². The molecule has 2 atom stereocenters. The molecule has 0 saturated carbocycles. The summed E-state index contributed by atoms with van der Waals surface area (Å²) >= 11 is 0. The van der Waals surface area contributed by atoms with Crippen LogP contribution < -0.4 is 10.0 Å². The van der Waals surface area contributed by atoms with Crippen molar-refractivity contribution in [2.45, 2.75) is 50.5 Å². The van der Waals surface area contributed by atoms with Crippen LogP contribution in [0.2, 0.25) is 0 Å². The van der Waals surface area contributed by atoms with Gasteiger partial charge in [-0.25, -0.2) is 8.42 Å². The smallest absolute Gasteiger partial charge is 0.261 e. The van der Waals surface area contributed by atoms with Crippen LogP contribution in [0.3, 0.4) is 0 Å². The van der Waals surface area contributed by atoms with E-state index in [1.165, 1.54) is 0 Å². The molecule has 0 aliphatic carbocycles. The summed E-state index contributed by atoms with van der Waals surface area (Å²) < 4.78 is 33.9. The van der Waals surface area contributed by atoms with Crippen molar-refractivity contribution in [2.75, 3.05) is 31.0 Å². The molecular weight excluding hydrogens is 466 g/mol. The molecule has 2 aromatic carbocycles. The zero-order valence-corrected chi connectivity index (χ0v) is 21.1. The highest BCUT2D eigenvalue weighted by molar-refractivity contribution is 7.92. The number of likely N-dealkylation sites (tertiary alicyclic amines) is 1. The van der Waals surface area contributed by atoms with Gasteiger partial charge in [-0.15, -0.1) is 0 Å². The highest BCUT2D eigenvalue weighted by Crippen LogP contribution is 2.23. The van der Waals surface area contributed by atoms with Crippen LogP contribution in [0.5, 0.6) is 0 Å². The van der Waals surface area contributed by atoms with E-state index in [4.69, 9.17) is 4.74 Å². The van der Waals surface area contributed by atoms with Crippen LogP contribution in [0, 0.1) is 19.8 Å². The van der Waals surface area contributed by atoms with Crippen LogP contribution in [0.15, 0.2) is 47.4 Å². The van der Waals surface area contributed by atoms with Crippen molar-refractivity contribution >= 4 is 27.5 Å². The Labute approximate surface area is 207 Å². The number of nitrogens with zero attached hydrogens (tertiary/aromatic N) is 1. The van der Waals surface area contributed by atoms with Crippen LogP contribution in [0.1, 0.15) is 47.2 Å². The molecule has 2 aromatic rings. The van der Waals surface area contributed by atoms with Crippen molar-refractivity contribution in [3.05, 3.63) is 59.2 Å². The minimum atomic E-state index is -3.79. The second-order valence-corrected chi connectivity index (χ2v) is 11.1. The molecule has 2 N–H and O–H groups in total. The molecule has 2 amide bonds. The van der Waals surface area contributed by atoms with Crippen molar-refractivity contribution in [3.63, 3.8) is 0 Å². The van der Waals surface area contributed by atoms with E-state index in [-0.39, 0.29) is 28.7 Å². The van der Waals surface area contributed by atoms with Gasteiger partial charge in [0.05, 0.1) is 16.9 Å². The molecule has 35 heavy (non-hydrogen) atoms. The first-order valence-electron chi connectivity index (χ1n) is 12.1. The number of carbonyl (C=O) groups is 2. The van der Waals surface area contributed by atoms with E-state index in [1.54, 1.807) is 47.4 Å². The average Bonchev–Trinajstić information content (AvgIpc) is 3.37. The molecule has 2 saturated heterocycles. The van der Waals surface area contributed by atoms with Gasteiger partial charge in [0.15, 0.2) is 0 Å². The molecule has 2 aliphatic rings. The summed E-state index contributed by atoms with van der Waals surface area (Å²) in [5.74, 6) is -0.526. The molecule has 188 valence electrons. The first-order chi connectivity index (χ1) is 16.7. The van der Waals surface area contributed by atoms with E-state index >= 15 is 0 Å². The highest BCUT2D eigenvalue weighted by Gasteiger charge is 2.30. The summed E-state index contributed by atoms with van der Waals surface area (Å²) in [6, 6.07) is 11.4. The average molecular weight is 500 g/mol. The van der Waals surface area contributed by atoms with Gasteiger partial charge in [0.2, 0.25) is 5.91 Å². The molecule has 2 heterocycles. The van der Waals surface area contributed by atoms with Gasteiger partial charge in [-0.3, -0.25) is 14.3 Å². The van der Waals surface area contributed by atoms with E-state index in [1.807, 2.05) is 13.8 Å². The molecule has 0 unspecified atom stereocenters. The Morgan fingerprint density at radius 3 is 2.63 bits per heavy atom. The van der Waals surface area contributed by atoms with Crippen LogP contribution in [-0.4, -0.2) is 57.5 Å². The van der Waals surface area contributed by atoms with Crippen molar-refractivity contribution in [1.29, 1.82) is 0 Å². The SMILES string of the molecule is Cc1ccc(S(=O)(=O)Nc2cccc(C(=O)N3CCC[C@@H](C(=O)NC[C@H]4CCCO4)C3)c2)cc1C. The number of nitrogens with one attached hydrogen (secondary N) is 2. The monoisotopic (exact) mass is 499 g/mol. The number of rotatable bonds is 7. The molecular formula is C26H33N3O5S. The number of carbonyl (C=O) groups excluding carboxylic acids is 2. The van der Waals surface area contributed by atoms with Gasteiger partial charge >= 0.3 is 0 Å². The van der Waals surface area contributed by atoms with Gasteiger partial charge in [0.1, 0.15) is 0 Å². The van der Waals surface area contributed by atoms with Crippen molar-refractivity contribution < 1.29 is 22.7 Å². The standard InChI is InChI=1S/C26H33N3O5S/c1-18-10-11-24(14-19(18)2)35(32,33)28-22-8-3-6-20(15-22)26(31)29-12-4-7-21(17-29)25(30)27-16-23-9-5-13-34-23/h3,6,8,10-11,14-15,21,23,28H,4-5,7,9,12-13,16-17H2,1-2H3,(H,27,30)/t21-,23-/m1/s1. The number of ether oxygens (including phenoxy) is 1. The van der Waals surface area contributed by atoms with Gasteiger partial charge in [0.25, 0.3) is 15.9 Å². The molecule has 0 aromatic heterocycles. The Morgan fingerprint density at radius 1 is 1.06 bits per heavy atom. The summed E-state index contributed by atoms with van der Waals surface area (Å²) in [7, 11) is -3.79. The molecule has 2 aliphatic heterocycles. The summed E-state index contributed by atoms with van der Waals surface area (Å²) in [4.78, 5) is 27.7. The van der Waals surface area contributed by atoms with Crippen LogP contribution in [0.4, 0.5) is 5.69 Å². The number of amides is 2. The molecule has 2 fully saturated rings. The van der Waals surface area contributed by atoms with Gasteiger partial charge in [-0.05, 0) is 81.0 Å². The lowest BCUT2D eigenvalue weighted by atomic mass is 9.96. The maximum Gasteiger partial charge on any atom is 0.261 e. The van der Waals surface area contributed by atoms with E-state index in [0.29, 0.717) is 30.9 Å². The maximum atomic E-state index is 13.2. The Balaban J connectivity index is 1.40. The molecule has 9 heteroatoms. The summed E-state index contributed by atoms with van der Waals surface area (Å²) in [6.07, 6.45) is 3.53.